The van der Waals surface area contributed by atoms with Crippen molar-refractivity contribution in [3.8, 4) is 0 Å². The number of amides is 1. The van der Waals surface area contributed by atoms with Gasteiger partial charge in [0, 0.05) is 6.54 Å². The van der Waals surface area contributed by atoms with Gasteiger partial charge in [-0.05, 0) is 37.0 Å². The van der Waals surface area contributed by atoms with Gasteiger partial charge in [0.2, 0.25) is 0 Å². The Kier molecular flexibility index (Phi) is 4.81. The molecule has 146 valence electrons. The number of aromatic nitrogens is 4. The molecule has 1 saturated heterocycles. The molecule has 0 radical (unpaired) electrons. The molecule has 0 spiro atoms. The summed E-state index contributed by atoms with van der Waals surface area (Å²) >= 11 is 1.68. The molecule has 6 nitrogen and oxygen atoms in total. The second-order valence-corrected chi connectivity index (χ2v) is 8.38. The van der Waals surface area contributed by atoms with Gasteiger partial charge in [0.1, 0.15) is 5.01 Å². The monoisotopic (exact) mass is 403 g/mol. The van der Waals surface area contributed by atoms with Crippen molar-refractivity contribution in [1.82, 2.24) is 24.9 Å². The second-order valence-electron chi connectivity index (χ2n) is 7.32. The molecule has 0 bridgehead atoms. The first-order valence-electron chi connectivity index (χ1n) is 9.88. The van der Waals surface area contributed by atoms with Gasteiger partial charge in [-0.1, -0.05) is 47.7 Å². The molecular formula is C22H21N5OS. The van der Waals surface area contributed by atoms with Crippen molar-refractivity contribution in [2.24, 2.45) is 0 Å². The third kappa shape index (κ3) is 3.65. The zero-order valence-corrected chi connectivity index (χ0v) is 16.8. The Hall–Kier alpha value is -3.06. The minimum atomic E-state index is -0.0618. The maximum absolute atomic E-state index is 13.3. The first-order chi connectivity index (χ1) is 14.3. The van der Waals surface area contributed by atoms with E-state index in [9.17, 15) is 4.79 Å². The largest absolute Gasteiger partial charge is 0.328 e. The van der Waals surface area contributed by atoms with Crippen molar-refractivity contribution in [2.75, 3.05) is 6.54 Å². The number of hydrogen-bond acceptors (Lipinski definition) is 5. The van der Waals surface area contributed by atoms with E-state index in [0.29, 0.717) is 12.2 Å². The molecule has 0 N–H and O–H groups in total. The van der Waals surface area contributed by atoms with Crippen molar-refractivity contribution in [3.05, 3.63) is 77.1 Å². The molecule has 2 aromatic carbocycles. The van der Waals surface area contributed by atoms with Gasteiger partial charge in [0.05, 0.1) is 29.0 Å². The van der Waals surface area contributed by atoms with Crippen LogP contribution in [0.2, 0.25) is 0 Å². The highest BCUT2D eigenvalue weighted by atomic mass is 32.1. The van der Waals surface area contributed by atoms with Gasteiger partial charge in [-0.15, -0.1) is 16.4 Å². The molecule has 5 rings (SSSR count). The number of fused-ring (bicyclic) bond motifs is 1. The van der Waals surface area contributed by atoms with Crippen LogP contribution in [0, 0.1) is 0 Å². The van der Waals surface area contributed by atoms with Crippen LogP contribution in [0.4, 0.5) is 0 Å². The normalized spacial score (nSPS) is 17.0. The molecule has 7 heteroatoms. The molecule has 3 heterocycles. The Morgan fingerprint density at radius 2 is 1.90 bits per heavy atom. The van der Waals surface area contributed by atoms with E-state index in [-0.39, 0.29) is 11.9 Å². The van der Waals surface area contributed by atoms with Crippen LogP contribution in [-0.2, 0) is 6.54 Å². The molecule has 1 unspecified atom stereocenters. The van der Waals surface area contributed by atoms with E-state index >= 15 is 0 Å². The van der Waals surface area contributed by atoms with Gasteiger partial charge >= 0.3 is 0 Å². The zero-order valence-electron chi connectivity index (χ0n) is 15.9. The molecule has 1 aliphatic heterocycles. The lowest BCUT2D eigenvalue weighted by Crippen LogP contribution is -2.38. The second kappa shape index (κ2) is 7.75. The Balaban J connectivity index is 1.39. The summed E-state index contributed by atoms with van der Waals surface area (Å²) < 4.78 is 2.88. The standard InChI is InChI=1S/C22H21N5OS/c28-22(18-15-26(25-24-18)14-16-8-2-1-3-9-16)27-13-7-6-11-19(27)21-23-17-10-4-5-12-20(17)29-21/h1-5,8-10,12,15,19H,6-7,11,13-14H2. The number of nitrogens with zero attached hydrogens (tertiary/aromatic N) is 5. The summed E-state index contributed by atoms with van der Waals surface area (Å²) in [4.78, 5) is 20.0. The molecule has 0 aliphatic carbocycles. The smallest absolute Gasteiger partial charge is 0.276 e. The third-order valence-corrected chi connectivity index (χ3v) is 6.44. The maximum atomic E-state index is 13.3. The lowest BCUT2D eigenvalue weighted by atomic mass is 10.0. The summed E-state index contributed by atoms with van der Waals surface area (Å²) in [5.41, 5.74) is 2.52. The molecule has 1 aliphatic rings. The number of carbonyl (C=O) groups is 1. The molecule has 4 aromatic rings. The molecule has 0 saturated carbocycles. The lowest BCUT2D eigenvalue weighted by Gasteiger charge is -2.33. The van der Waals surface area contributed by atoms with E-state index in [1.54, 1.807) is 22.2 Å². The molecule has 1 atom stereocenters. The highest BCUT2D eigenvalue weighted by Gasteiger charge is 2.32. The summed E-state index contributed by atoms with van der Waals surface area (Å²) in [6, 6.07) is 18.2. The van der Waals surface area contributed by atoms with E-state index in [1.165, 1.54) is 0 Å². The highest BCUT2D eigenvalue weighted by Crippen LogP contribution is 2.36. The molecule has 1 amide bonds. The van der Waals surface area contributed by atoms with Gasteiger partial charge < -0.3 is 4.90 Å². The Morgan fingerprint density at radius 1 is 1.07 bits per heavy atom. The zero-order chi connectivity index (χ0) is 19.6. The minimum Gasteiger partial charge on any atom is -0.328 e. The van der Waals surface area contributed by atoms with Gasteiger partial charge in [-0.3, -0.25) is 4.79 Å². The maximum Gasteiger partial charge on any atom is 0.276 e. The summed E-state index contributed by atoms with van der Waals surface area (Å²) in [5.74, 6) is -0.0618. The fraction of sp³-hybridized carbons (Fsp3) is 0.273. The van der Waals surface area contributed by atoms with Crippen LogP contribution in [0.3, 0.4) is 0 Å². The van der Waals surface area contributed by atoms with E-state index in [0.717, 1.165) is 46.6 Å². The van der Waals surface area contributed by atoms with Gasteiger partial charge in [-0.2, -0.15) is 0 Å². The number of rotatable bonds is 4. The third-order valence-electron chi connectivity index (χ3n) is 5.30. The Morgan fingerprint density at radius 3 is 2.76 bits per heavy atom. The topological polar surface area (TPSA) is 63.9 Å². The van der Waals surface area contributed by atoms with E-state index in [2.05, 4.69) is 16.4 Å². The van der Waals surface area contributed by atoms with Crippen molar-refractivity contribution >= 4 is 27.5 Å². The number of piperidine rings is 1. The van der Waals surface area contributed by atoms with Crippen molar-refractivity contribution in [3.63, 3.8) is 0 Å². The number of para-hydroxylation sites is 1. The number of hydrogen-bond donors (Lipinski definition) is 0. The number of thiazole rings is 1. The van der Waals surface area contributed by atoms with Crippen LogP contribution in [-0.4, -0.2) is 37.3 Å². The fourth-order valence-corrected chi connectivity index (χ4v) is 4.97. The highest BCUT2D eigenvalue weighted by molar-refractivity contribution is 7.18. The van der Waals surface area contributed by atoms with Crippen LogP contribution in [0.5, 0.6) is 0 Å². The summed E-state index contributed by atoms with van der Waals surface area (Å²) in [7, 11) is 0. The average molecular weight is 404 g/mol. The van der Waals surface area contributed by atoms with Crippen LogP contribution in [0.25, 0.3) is 10.2 Å². The molecule has 1 fully saturated rings. The van der Waals surface area contributed by atoms with Gasteiger partial charge in [0.15, 0.2) is 5.69 Å². The lowest BCUT2D eigenvalue weighted by molar-refractivity contribution is 0.0605. The molecule has 29 heavy (non-hydrogen) atoms. The quantitative estimate of drug-likeness (QED) is 0.510. The Labute approximate surface area is 172 Å². The Bertz CT molecular complexity index is 1100. The van der Waals surface area contributed by atoms with E-state index in [4.69, 9.17) is 4.98 Å². The van der Waals surface area contributed by atoms with Gasteiger partial charge in [0.25, 0.3) is 5.91 Å². The number of likely N-dealkylation sites (tertiary alicyclic amines) is 1. The van der Waals surface area contributed by atoms with E-state index < -0.39 is 0 Å². The summed E-state index contributed by atoms with van der Waals surface area (Å²) in [6.07, 6.45) is 4.79. The van der Waals surface area contributed by atoms with Crippen LogP contribution < -0.4 is 0 Å². The van der Waals surface area contributed by atoms with Crippen LogP contribution in [0.1, 0.15) is 46.4 Å². The number of carbonyl (C=O) groups excluding carboxylic acids is 1. The average Bonchev–Trinajstić information content (AvgIpc) is 3.41. The number of benzene rings is 2. The predicted octanol–water partition coefficient (Wildman–Crippen LogP) is 4.30. The fourth-order valence-electron chi connectivity index (χ4n) is 3.86. The predicted molar refractivity (Wildman–Crippen MR) is 113 cm³/mol. The van der Waals surface area contributed by atoms with E-state index in [1.807, 2.05) is 53.4 Å². The SMILES string of the molecule is O=C(c1cn(Cc2ccccc2)nn1)N1CCCCC1c1nc2ccccc2s1. The first-order valence-corrected chi connectivity index (χ1v) is 10.7. The van der Waals surface area contributed by atoms with Gasteiger partial charge in [-0.25, -0.2) is 9.67 Å². The van der Waals surface area contributed by atoms with Crippen molar-refractivity contribution in [1.29, 1.82) is 0 Å². The minimum absolute atomic E-state index is 0.00734. The summed E-state index contributed by atoms with van der Waals surface area (Å²) in [6.45, 7) is 1.33. The first kappa shape index (κ1) is 18.0. The van der Waals surface area contributed by atoms with Crippen molar-refractivity contribution in [2.45, 2.75) is 31.8 Å². The van der Waals surface area contributed by atoms with Crippen LogP contribution in [0.15, 0.2) is 60.8 Å². The van der Waals surface area contributed by atoms with Crippen LogP contribution >= 0.6 is 11.3 Å². The summed E-state index contributed by atoms with van der Waals surface area (Å²) in [5, 5.41) is 9.34. The molecule has 2 aromatic heterocycles. The van der Waals surface area contributed by atoms with Crippen molar-refractivity contribution < 1.29 is 4.79 Å². The molecular weight excluding hydrogens is 382 g/mol.